The minimum absolute atomic E-state index is 0. The normalized spacial score (nSPS) is 10.8. The molecule has 0 aliphatic heterocycles. The first-order valence-corrected chi connectivity index (χ1v) is 4.32. The van der Waals surface area contributed by atoms with Crippen LogP contribution in [-0.2, 0) is 17.4 Å². The molecule has 2 nitrogen and oxygen atoms in total. The van der Waals surface area contributed by atoms with Crippen molar-refractivity contribution in [1.82, 2.24) is 0 Å². The molecule has 0 atom stereocenters. The van der Waals surface area contributed by atoms with Gasteiger partial charge in [-0.05, 0) is 11.6 Å². The van der Waals surface area contributed by atoms with E-state index in [1.54, 1.807) is 0 Å². The number of carbonyl (C=O) groups excluding carboxylic acids is 1. The number of hydrogen-bond donors (Lipinski definition) is 1. The van der Waals surface area contributed by atoms with Crippen molar-refractivity contribution < 1.29 is 18.0 Å². The number of benzene rings is 1. The van der Waals surface area contributed by atoms with E-state index >= 15 is 0 Å². The van der Waals surface area contributed by atoms with Crippen molar-refractivity contribution >= 4 is 18.2 Å². The van der Waals surface area contributed by atoms with Crippen molar-refractivity contribution in [2.24, 2.45) is 5.73 Å². The standard InChI is InChI=1S/C10H10F3NO.ClH/c11-10(12,13)9-4-2-1-3-7(9)5-8(15)6-14;/h1-4H,5-6,14H2;1H. The van der Waals surface area contributed by atoms with Gasteiger partial charge in [0.1, 0.15) is 0 Å². The van der Waals surface area contributed by atoms with E-state index in [0.717, 1.165) is 6.07 Å². The number of Topliss-reactive ketones (excluding diaryl/α,β-unsaturated/α-hetero) is 1. The molecule has 1 aromatic rings. The third-order valence-corrected chi connectivity index (χ3v) is 1.94. The highest BCUT2D eigenvalue weighted by Gasteiger charge is 2.33. The molecular formula is C10H11ClF3NO. The third kappa shape index (κ3) is 3.83. The lowest BCUT2D eigenvalue weighted by Gasteiger charge is -2.11. The smallest absolute Gasteiger partial charge is 0.324 e. The Labute approximate surface area is 97.0 Å². The number of rotatable bonds is 3. The summed E-state index contributed by atoms with van der Waals surface area (Å²) in [7, 11) is 0. The van der Waals surface area contributed by atoms with Gasteiger partial charge in [-0.25, -0.2) is 0 Å². The summed E-state index contributed by atoms with van der Waals surface area (Å²) in [4.78, 5) is 11.0. The molecule has 0 radical (unpaired) electrons. The van der Waals surface area contributed by atoms with Crippen molar-refractivity contribution in [2.75, 3.05) is 6.54 Å². The predicted octanol–water partition coefficient (Wildman–Crippen LogP) is 2.20. The minimum atomic E-state index is -4.43. The van der Waals surface area contributed by atoms with E-state index in [9.17, 15) is 18.0 Å². The molecule has 0 aliphatic rings. The van der Waals surface area contributed by atoms with Crippen molar-refractivity contribution in [3.63, 3.8) is 0 Å². The molecule has 6 heteroatoms. The van der Waals surface area contributed by atoms with Crippen LogP contribution in [0.5, 0.6) is 0 Å². The van der Waals surface area contributed by atoms with Crippen LogP contribution in [0.4, 0.5) is 13.2 Å². The average molecular weight is 254 g/mol. The molecule has 0 fully saturated rings. The third-order valence-electron chi connectivity index (χ3n) is 1.94. The van der Waals surface area contributed by atoms with Crippen molar-refractivity contribution in [2.45, 2.75) is 12.6 Å². The lowest BCUT2D eigenvalue weighted by atomic mass is 10.0. The Morgan fingerprint density at radius 3 is 2.31 bits per heavy atom. The highest BCUT2D eigenvalue weighted by atomic mass is 35.5. The van der Waals surface area contributed by atoms with Gasteiger partial charge >= 0.3 is 6.18 Å². The molecule has 16 heavy (non-hydrogen) atoms. The quantitative estimate of drug-likeness (QED) is 0.897. The van der Waals surface area contributed by atoms with E-state index < -0.39 is 17.5 Å². The number of carbonyl (C=O) groups is 1. The lowest BCUT2D eigenvalue weighted by Crippen LogP contribution is -2.18. The van der Waals surface area contributed by atoms with Crippen LogP contribution in [0.2, 0.25) is 0 Å². The van der Waals surface area contributed by atoms with Crippen LogP contribution >= 0.6 is 12.4 Å². The van der Waals surface area contributed by atoms with Crippen molar-refractivity contribution in [3.8, 4) is 0 Å². The Bertz CT molecular complexity index is 365. The fourth-order valence-electron chi connectivity index (χ4n) is 1.24. The highest BCUT2D eigenvalue weighted by Crippen LogP contribution is 2.31. The predicted molar refractivity (Wildman–Crippen MR) is 56.5 cm³/mol. The van der Waals surface area contributed by atoms with Crippen LogP contribution in [0, 0.1) is 0 Å². The molecule has 0 unspecified atom stereocenters. The molecule has 1 rings (SSSR count). The van der Waals surface area contributed by atoms with Crippen LogP contribution in [0.15, 0.2) is 24.3 Å². The van der Waals surface area contributed by atoms with E-state index in [1.807, 2.05) is 0 Å². The van der Waals surface area contributed by atoms with Gasteiger partial charge in [-0.2, -0.15) is 13.2 Å². The molecule has 0 amide bonds. The summed E-state index contributed by atoms with van der Waals surface area (Å²) >= 11 is 0. The molecule has 0 heterocycles. The number of halogens is 4. The molecule has 0 spiro atoms. The van der Waals surface area contributed by atoms with Gasteiger partial charge in [-0.1, -0.05) is 18.2 Å². The minimum Gasteiger partial charge on any atom is -0.324 e. The fraction of sp³-hybridized carbons (Fsp3) is 0.300. The Hall–Kier alpha value is -1.07. The van der Waals surface area contributed by atoms with Gasteiger partial charge < -0.3 is 5.73 Å². The molecule has 0 aliphatic carbocycles. The van der Waals surface area contributed by atoms with E-state index in [4.69, 9.17) is 5.73 Å². The molecule has 0 bridgehead atoms. The molecule has 0 aromatic heterocycles. The summed E-state index contributed by atoms with van der Waals surface area (Å²) in [6.07, 6.45) is -4.70. The van der Waals surface area contributed by atoms with Crippen molar-refractivity contribution in [1.29, 1.82) is 0 Å². The molecule has 90 valence electrons. The Balaban J connectivity index is 0.00000225. The molecule has 1 aromatic carbocycles. The lowest BCUT2D eigenvalue weighted by molar-refractivity contribution is -0.138. The van der Waals surface area contributed by atoms with Gasteiger partial charge in [0, 0.05) is 6.42 Å². The zero-order chi connectivity index (χ0) is 11.5. The maximum absolute atomic E-state index is 12.5. The topological polar surface area (TPSA) is 43.1 Å². The first-order valence-electron chi connectivity index (χ1n) is 4.32. The van der Waals surface area contributed by atoms with E-state index in [1.165, 1.54) is 18.2 Å². The summed E-state index contributed by atoms with van der Waals surface area (Å²) in [5.74, 6) is -0.410. The maximum atomic E-state index is 12.5. The van der Waals surface area contributed by atoms with Gasteiger partial charge in [0.2, 0.25) is 0 Å². The molecule has 2 N–H and O–H groups in total. The first kappa shape index (κ1) is 14.9. The van der Waals surface area contributed by atoms with Crippen LogP contribution in [0.25, 0.3) is 0 Å². The second kappa shape index (κ2) is 5.86. The first-order chi connectivity index (χ1) is 6.95. The molecule has 0 saturated carbocycles. The maximum Gasteiger partial charge on any atom is 0.416 e. The molecular weight excluding hydrogens is 243 g/mol. The van der Waals surface area contributed by atoms with Gasteiger partial charge in [-0.15, -0.1) is 12.4 Å². The summed E-state index contributed by atoms with van der Waals surface area (Å²) in [6, 6.07) is 5.00. The Kier molecular flexibility index (Phi) is 5.47. The number of ketones is 1. The summed E-state index contributed by atoms with van der Waals surface area (Å²) < 4.78 is 37.4. The molecule has 0 saturated heterocycles. The van der Waals surface area contributed by atoms with Gasteiger partial charge in [0.15, 0.2) is 5.78 Å². The zero-order valence-electron chi connectivity index (χ0n) is 8.25. The second-order valence-corrected chi connectivity index (χ2v) is 3.07. The monoisotopic (exact) mass is 253 g/mol. The summed E-state index contributed by atoms with van der Waals surface area (Å²) in [5.41, 5.74) is 4.25. The van der Waals surface area contributed by atoms with Gasteiger partial charge in [-0.3, -0.25) is 4.79 Å². The fourth-order valence-corrected chi connectivity index (χ4v) is 1.24. The van der Waals surface area contributed by atoms with Crippen LogP contribution in [-0.4, -0.2) is 12.3 Å². The average Bonchev–Trinajstić information content (AvgIpc) is 2.17. The number of alkyl halides is 3. The van der Waals surface area contributed by atoms with Gasteiger partial charge in [0.05, 0.1) is 12.1 Å². The largest absolute Gasteiger partial charge is 0.416 e. The van der Waals surface area contributed by atoms with Gasteiger partial charge in [0.25, 0.3) is 0 Å². The SMILES string of the molecule is Cl.NCC(=O)Cc1ccccc1C(F)(F)F. The number of nitrogens with two attached hydrogens (primary N) is 1. The van der Waals surface area contributed by atoms with Crippen LogP contribution in [0.3, 0.4) is 0 Å². The summed E-state index contributed by atoms with van der Waals surface area (Å²) in [5, 5.41) is 0. The van der Waals surface area contributed by atoms with Crippen LogP contribution in [0.1, 0.15) is 11.1 Å². The van der Waals surface area contributed by atoms with E-state index in [-0.39, 0.29) is 30.9 Å². The van der Waals surface area contributed by atoms with E-state index in [0.29, 0.717) is 0 Å². The second-order valence-electron chi connectivity index (χ2n) is 3.07. The highest BCUT2D eigenvalue weighted by molar-refractivity contribution is 5.85. The van der Waals surface area contributed by atoms with E-state index in [2.05, 4.69) is 0 Å². The van der Waals surface area contributed by atoms with Crippen molar-refractivity contribution in [3.05, 3.63) is 35.4 Å². The summed E-state index contributed by atoms with van der Waals surface area (Å²) in [6.45, 7) is -0.244. The zero-order valence-corrected chi connectivity index (χ0v) is 9.07. The Morgan fingerprint density at radius 2 is 1.81 bits per heavy atom. The van der Waals surface area contributed by atoms with Crippen LogP contribution < -0.4 is 5.73 Å². The number of hydrogen-bond acceptors (Lipinski definition) is 2. The Morgan fingerprint density at radius 1 is 1.25 bits per heavy atom.